The van der Waals surface area contributed by atoms with Crippen molar-refractivity contribution in [1.82, 2.24) is 5.43 Å². The number of carbonyl (C=O) groups excluding carboxylic acids is 2. The Bertz CT molecular complexity index is 936. The van der Waals surface area contributed by atoms with Gasteiger partial charge in [0.2, 0.25) is 5.91 Å². The minimum Gasteiger partial charge on any atom is -0.497 e. The van der Waals surface area contributed by atoms with E-state index in [1.165, 1.54) is 13.1 Å². The molecule has 1 unspecified atom stereocenters. The number of amides is 2. The van der Waals surface area contributed by atoms with Crippen molar-refractivity contribution in [2.75, 3.05) is 19.0 Å². The summed E-state index contributed by atoms with van der Waals surface area (Å²) in [4.78, 5) is 24.5. The third kappa shape index (κ3) is 6.66. The molecule has 0 spiro atoms. The summed E-state index contributed by atoms with van der Waals surface area (Å²) < 4.78 is 11.3. The molecule has 2 N–H and O–H groups in total. The van der Waals surface area contributed by atoms with Gasteiger partial charge < -0.3 is 14.8 Å². The summed E-state index contributed by atoms with van der Waals surface area (Å²) in [7, 11) is 1.55. The zero-order chi connectivity index (χ0) is 21.2. The molecular formula is C21H20BrN3O4. The van der Waals surface area contributed by atoms with Gasteiger partial charge >= 0.3 is 0 Å². The standard InChI is InChI=1S/C21H20BrN3O4/c1-4-11-29-19-10-5-16(22)12-15(19)13-23-25-21(27)14(2)20(26)24-17-6-8-18(28-3)9-7-17/h1,5-10,12-14H,11H2,2-3H3,(H,24,26)(H,25,27). The molecule has 0 aromatic heterocycles. The number of halogens is 1. The van der Waals surface area contributed by atoms with E-state index in [1.807, 2.05) is 0 Å². The second-order valence-electron chi connectivity index (χ2n) is 5.85. The van der Waals surface area contributed by atoms with E-state index in [2.05, 4.69) is 37.7 Å². The van der Waals surface area contributed by atoms with Gasteiger partial charge in [-0.2, -0.15) is 5.10 Å². The maximum atomic E-state index is 12.3. The summed E-state index contributed by atoms with van der Waals surface area (Å²) in [5.74, 6) is 1.62. The maximum absolute atomic E-state index is 12.3. The molecule has 2 aromatic rings. The second-order valence-corrected chi connectivity index (χ2v) is 6.76. The normalized spacial score (nSPS) is 11.4. The predicted molar refractivity (Wildman–Crippen MR) is 115 cm³/mol. The van der Waals surface area contributed by atoms with Gasteiger partial charge in [-0.3, -0.25) is 9.59 Å². The Balaban J connectivity index is 1.96. The molecule has 0 fully saturated rings. The molecule has 0 aliphatic heterocycles. The van der Waals surface area contributed by atoms with Crippen LogP contribution in [-0.2, 0) is 9.59 Å². The van der Waals surface area contributed by atoms with Crippen LogP contribution >= 0.6 is 15.9 Å². The quantitative estimate of drug-likeness (QED) is 0.275. The van der Waals surface area contributed by atoms with Crippen LogP contribution in [0.1, 0.15) is 12.5 Å². The summed E-state index contributed by atoms with van der Waals surface area (Å²) in [5, 5.41) is 6.58. The molecule has 2 amide bonds. The Labute approximate surface area is 177 Å². The summed E-state index contributed by atoms with van der Waals surface area (Å²) in [6, 6.07) is 12.1. The first kappa shape index (κ1) is 22.0. The molecule has 8 heteroatoms. The first-order chi connectivity index (χ1) is 13.9. The van der Waals surface area contributed by atoms with Gasteiger partial charge in [-0.25, -0.2) is 5.43 Å². The maximum Gasteiger partial charge on any atom is 0.252 e. The number of rotatable bonds is 8. The zero-order valence-corrected chi connectivity index (χ0v) is 17.5. The van der Waals surface area contributed by atoms with Crippen molar-refractivity contribution in [2.45, 2.75) is 6.92 Å². The van der Waals surface area contributed by atoms with Crippen LogP contribution in [0, 0.1) is 18.3 Å². The van der Waals surface area contributed by atoms with Crippen molar-refractivity contribution in [3.05, 3.63) is 52.5 Å². The molecule has 0 bridgehead atoms. The molecule has 0 aliphatic carbocycles. The Morgan fingerprint density at radius 2 is 1.97 bits per heavy atom. The topological polar surface area (TPSA) is 89.0 Å². The number of methoxy groups -OCH3 is 1. The molecule has 0 saturated heterocycles. The van der Waals surface area contributed by atoms with E-state index in [4.69, 9.17) is 15.9 Å². The van der Waals surface area contributed by atoms with Gasteiger partial charge in [-0.1, -0.05) is 21.9 Å². The number of nitrogens with one attached hydrogen (secondary N) is 2. The highest BCUT2D eigenvalue weighted by atomic mass is 79.9. The first-order valence-corrected chi connectivity index (χ1v) is 9.37. The van der Waals surface area contributed by atoms with Gasteiger partial charge in [0.1, 0.15) is 24.0 Å². The van der Waals surface area contributed by atoms with Crippen LogP contribution in [0.4, 0.5) is 5.69 Å². The fourth-order valence-corrected chi connectivity index (χ4v) is 2.56. The molecule has 0 saturated carbocycles. The van der Waals surface area contributed by atoms with Gasteiger partial charge in [0.25, 0.3) is 5.91 Å². The van der Waals surface area contributed by atoms with Crippen LogP contribution in [0.3, 0.4) is 0 Å². The van der Waals surface area contributed by atoms with Crippen molar-refractivity contribution >= 4 is 39.6 Å². The Morgan fingerprint density at radius 3 is 2.62 bits per heavy atom. The lowest BCUT2D eigenvalue weighted by Gasteiger charge is -2.11. The molecule has 29 heavy (non-hydrogen) atoms. The molecular weight excluding hydrogens is 438 g/mol. The first-order valence-electron chi connectivity index (χ1n) is 8.58. The molecule has 2 rings (SSSR count). The van der Waals surface area contributed by atoms with Gasteiger partial charge in [-0.05, 0) is 49.4 Å². The number of nitrogens with zero attached hydrogens (tertiary/aromatic N) is 1. The predicted octanol–water partition coefficient (Wildman–Crippen LogP) is 3.19. The largest absolute Gasteiger partial charge is 0.497 e. The van der Waals surface area contributed by atoms with Gasteiger partial charge in [0, 0.05) is 15.7 Å². The minimum absolute atomic E-state index is 0.109. The van der Waals surface area contributed by atoms with Crippen molar-refractivity contribution < 1.29 is 19.1 Å². The van der Waals surface area contributed by atoms with E-state index >= 15 is 0 Å². The number of terminal acetylenes is 1. The average molecular weight is 458 g/mol. The fourth-order valence-electron chi connectivity index (χ4n) is 2.18. The smallest absolute Gasteiger partial charge is 0.252 e. The Hall–Kier alpha value is -3.31. The van der Waals surface area contributed by atoms with Crippen LogP contribution in [0.5, 0.6) is 11.5 Å². The van der Waals surface area contributed by atoms with E-state index in [-0.39, 0.29) is 6.61 Å². The molecule has 0 radical (unpaired) electrons. The molecule has 7 nitrogen and oxygen atoms in total. The van der Waals surface area contributed by atoms with E-state index < -0.39 is 17.7 Å². The van der Waals surface area contributed by atoms with Gasteiger partial charge in [0.05, 0.1) is 13.3 Å². The highest BCUT2D eigenvalue weighted by Gasteiger charge is 2.21. The zero-order valence-electron chi connectivity index (χ0n) is 15.9. The number of carbonyl (C=O) groups is 2. The van der Waals surface area contributed by atoms with Crippen molar-refractivity contribution in [3.63, 3.8) is 0 Å². The van der Waals surface area contributed by atoms with E-state index in [9.17, 15) is 9.59 Å². The SMILES string of the molecule is C#CCOc1ccc(Br)cc1C=NNC(=O)C(C)C(=O)Nc1ccc(OC)cc1. The minimum atomic E-state index is -0.950. The number of anilines is 1. The monoisotopic (exact) mass is 457 g/mol. The van der Waals surface area contributed by atoms with Crippen LogP contribution in [0.25, 0.3) is 0 Å². The molecule has 1 atom stereocenters. The fraction of sp³-hybridized carbons (Fsp3) is 0.190. The molecule has 150 valence electrons. The lowest BCUT2D eigenvalue weighted by Crippen LogP contribution is -2.34. The van der Waals surface area contributed by atoms with E-state index in [0.717, 1.165) is 4.47 Å². The molecule has 2 aromatic carbocycles. The molecule has 0 aliphatic rings. The Kier molecular flexibility index (Phi) is 8.25. The van der Waals surface area contributed by atoms with Crippen LogP contribution < -0.4 is 20.2 Å². The van der Waals surface area contributed by atoms with Gasteiger partial charge in [0.15, 0.2) is 0 Å². The van der Waals surface area contributed by atoms with Crippen molar-refractivity contribution in [2.24, 2.45) is 11.0 Å². The van der Waals surface area contributed by atoms with E-state index in [0.29, 0.717) is 22.7 Å². The number of ether oxygens (including phenoxy) is 2. The van der Waals surface area contributed by atoms with Crippen LogP contribution in [0.15, 0.2) is 52.0 Å². The number of benzene rings is 2. The third-order valence-corrected chi connectivity index (χ3v) is 4.30. The second kappa shape index (κ2) is 10.9. The summed E-state index contributed by atoms with van der Waals surface area (Å²) in [5.41, 5.74) is 3.53. The third-order valence-electron chi connectivity index (χ3n) is 3.81. The van der Waals surface area contributed by atoms with Gasteiger partial charge in [-0.15, -0.1) is 6.42 Å². The highest BCUT2D eigenvalue weighted by molar-refractivity contribution is 9.10. The lowest BCUT2D eigenvalue weighted by atomic mass is 10.1. The highest BCUT2D eigenvalue weighted by Crippen LogP contribution is 2.21. The number of hydrazone groups is 1. The van der Waals surface area contributed by atoms with Crippen LogP contribution in [0.2, 0.25) is 0 Å². The summed E-state index contributed by atoms with van der Waals surface area (Å²) >= 11 is 3.36. The Morgan fingerprint density at radius 1 is 1.24 bits per heavy atom. The average Bonchev–Trinajstić information content (AvgIpc) is 2.73. The van der Waals surface area contributed by atoms with Crippen molar-refractivity contribution in [3.8, 4) is 23.8 Å². The number of hydrogen-bond acceptors (Lipinski definition) is 5. The number of hydrogen-bond donors (Lipinski definition) is 2. The lowest BCUT2D eigenvalue weighted by molar-refractivity contribution is -0.131. The van der Waals surface area contributed by atoms with Crippen molar-refractivity contribution in [1.29, 1.82) is 0 Å². The van der Waals surface area contributed by atoms with Crippen LogP contribution in [-0.4, -0.2) is 31.7 Å². The summed E-state index contributed by atoms with van der Waals surface area (Å²) in [6.07, 6.45) is 6.63. The molecule has 0 heterocycles. The van der Waals surface area contributed by atoms with E-state index in [1.54, 1.807) is 49.6 Å². The summed E-state index contributed by atoms with van der Waals surface area (Å²) in [6.45, 7) is 1.60.